The molecule has 1 N–H and O–H groups in total. The lowest BCUT2D eigenvalue weighted by Gasteiger charge is -2.13. The molecule has 7 heteroatoms. The molecule has 1 amide bonds. The Morgan fingerprint density at radius 3 is 2.58 bits per heavy atom. The zero-order valence-corrected chi connectivity index (χ0v) is 10.7. The van der Waals surface area contributed by atoms with E-state index in [1.807, 2.05) is 0 Å². The minimum atomic E-state index is -4.53. The summed E-state index contributed by atoms with van der Waals surface area (Å²) in [6.45, 7) is 0.118. The minimum Gasteiger partial charge on any atom is -0.449 e. The molecule has 0 saturated heterocycles. The number of amides is 1. The highest BCUT2D eigenvalue weighted by molar-refractivity contribution is 6.17. The van der Waals surface area contributed by atoms with Crippen LogP contribution in [-0.4, -0.2) is 18.6 Å². The standard InChI is InChI=1S/C12H13ClF3NO2/c13-7-3-4-8-19-11(18)17-10-6-2-1-5-9(10)12(14,15)16/h1-2,5-6H,3-4,7-8H2,(H,17,18). The number of nitrogens with one attached hydrogen (secondary N) is 1. The molecule has 0 aliphatic heterocycles. The Hall–Kier alpha value is -1.43. The van der Waals surface area contributed by atoms with Gasteiger partial charge in [0.1, 0.15) is 0 Å². The van der Waals surface area contributed by atoms with E-state index in [2.05, 4.69) is 5.32 Å². The van der Waals surface area contributed by atoms with Crippen LogP contribution in [0.15, 0.2) is 24.3 Å². The molecule has 0 aromatic heterocycles. The number of hydrogen-bond donors (Lipinski definition) is 1. The third-order valence-electron chi connectivity index (χ3n) is 2.23. The Labute approximate surface area is 113 Å². The summed E-state index contributed by atoms with van der Waals surface area (Å²) in [6, 6.07) is 4.71. The molecule has 1 rings (SSSR count). The second-order valence-electron chi connectivity index (χ2n) is 3.70. The summed E-state index contributed by atoms with van der Waals surface area (Å²) in [5.41, 5.74) is -1.23. The van der Waals surface area contributed by atoms with E-state index in [9.17, 15) is 18.0 Å². The Kier molecular flexibility index (Phi) is 5.95. The van der Waals surface area contributed by atoms with Gasteiger partial charge in [-0.3, -0.25) is 5.32 Å². The van der Waals surface area contributed by atoms with E-state index in [1.54, 1.807) is 0 Å². The first-order valence-corrected chi connectivity index (χ1v) is 6.14. The maximum atomic E-state index is 12.6. The number of rotatable bonds is 5. The molecule has 0 unspecified atom stereocenters. The van der Waals surface area contributed by atoms with E-state index in [1.165, 1.54) is 18.2 Å². The Balaban J connectivity index is 2.59. The molecule has 1 aromatic carbocycles. The zero-order valence-electron chi connectivity index (χ0n) is 9.97. The van der Waals surface area contributed by atoms with Crippen molar-refractivity contribution in [3.63, 3.8) is 0 Å². The van der Waals surface area contributed by atoms with Gasteiger partial charge in [-0.25, -0.2) is 4.79 Å². The fraction of sp³-hybridized carbons (Fsp3) is 0.417. The third kappa shape index (κ3) is 5.38. The van der Waals surface area contributed by atoms with Crippen molar-refractivity contribution in [1.29, 1.82) is 0 Å². The van der Waals surface area contributed by atoms with Gasteiger partial charge in [0.15, 0.2) is 0 Å². The smallest absolute Gasteiger partial charge is 0.418 e. The third-order valence-corrected chi connectivity index (χ3v) is 2.50. The normalized spacial score (nSPS) is 11.2. The van der Waals surface area contributed by atoms with Gasteiger partial charge in [-0.05, 0) is 25.0 Å². The lowest BCUT2D eigenvalue weighted by Crippen LogP contribution is -2.18. The SMILES string of the molecule is O=C(Nc1ccccc1C(F)(F)F)OCCCCCl. The van der Waals surface area contributed by atoms with Crippen molar-refractivity contribution in [2.75, 3.05) is 17.8 Å². The van der Waals surface area contributed by atoms with Gasteiger partial charge in [-0.1, -0.05) is 12.1 Å². The summed E-state index contributed by atoms with van der Waals surface area (Å²) in [5.74, 6) is 0.446. The summed E-state index contributed by atoms with van der Waals surface area (Å²) >= 11 is 5.44. The summed E-state index contributed by atoms with van der Waals surface area (Å²) in [6.07, 6.45) is -4.19. The van der Waals surface area contributed by atoms with Gasteiger partial charge in [0, 0.05) is 5.88 Å². The highest BCUT2D eigenvalue weighted by Crippen LogP contribution is 2.34. The van der Waals surface area contributed by atoms with Gasteiger partial charge in [0.25, 0.3) is 0 Å². The van der Waals surface area contributed by atoms with Gasteiger partial charge in [0.2, 0.25) is 0 Å². The monoisotopic (exact) mass is 295 g/mol. The molecule has 3 nitrogen and oxygen atoms in total. The summed E-state index contributed by atoms with van der Waals surface area (Å²) in [4.78, 5) is 11.3. The first kappa shape index (κ1) is 15.6. The van der Waals surface area contributed by atoms with Crippen LogP contribution in [0, 0.1) is 0 Å². The van der Waals surface area contributed by atoms with Crippen LogP contribution in [0.3, 0.4) is 0 Å². The number of para-hydroxylation sites is 1. The van der Waals surface area contributed by atoms with Crippen LogP contribution < -0.4 is 5.32 Å². The fourth-order valence-electron chi connectivity index (χ4n) is 1.35. The average Bonchev–Trinajstić information content (AvgIpc) is 2.34. The number of ether oxygens (including phenoxy) is 1. The molecule has 1 aromatic rings. The van der Waals surface area contributed by atoms with Crippen LogP contribution in [0.1, 0.15) is 18.4 Å². The quantitative estimate of drug-likeness (QED) is 0.650. The molecule has 0 aliphatic carbocycles. The predicted molar refractivity (Wildman–Crippen MR) is 66.4 cm³/mol. The first-order valence-electron chi connectivity index (χ1n) is 5.61. The Morgan fingerprint density at radius 1 is 1.26 bits per heavy atom. The number of alkyl halides is 4. The van der Waals surface area contributed by atoms with Crippen LogP contribution in [-0.2, 0) is 10.9 Å². The number of halogens is 4. The number of carbonyl (C=O) groups excluding carboxylic acids is 1. The molecule has 19 heavy (non-hydrogen) atoms. The largest absolute Gasteiger partial charge is 0.449 e. The molecule has 0 spiro atoms. The number of hydrogen-bond acceptors (Lipinski definition) is 2. The Morgan fingerprint density at radius 2 is 1.95 bits per heavy atom. The van der Waals surface area contributed by atoms with Gasteiger partial charge >= 0.3 is 12.3 Å². The predicted octanol–water partition coefficient (Wildman–Crippen LogP) is 4.27. The van der Waals surface area contributed by atoms with Crippen molar-refractivity contribution in [2.45, 2.75) is 19.0 Å². The molecular formula is C12H13ClF3NO2. The molecule has 0 radical (unpaired) electrons. The molecule has 0 fully saturated rings. The molecule has 0 atom stereocenters. The molecule has 0 aliphatic rings. The van der Waals surface area contributed by atoms with Crippen LogP contribution in [0.2, 0.25) is 0 Å². The van der Waals surface area contributed by atoms with Crippen molar-refractivity contribution in [3.05, 3.63) is 29.8 Å². The van der Waals surface area contributed by atoms with Crippen LogP contribution in [0.25, 0.3) is 0 Å². The lowest BCUT2D eigenvalue weighted by molar-refractivity contribution is -0.136. The van der Waals surface area contributed by atoms with E-state index in [4.69, 9.17) is 16.3 Å². The number of benzene rings is 1. The minimum absolute atomic E-state index is 0.118. The van der Waals surface area contributed by atoms with Gasteiger partial charge < -0.3 is 4.74 Å². The Bertz CT molecular complexity index is 424. The van der Waals surface area contributed by atoms with Crippen LogP contribution in [0.4, 0.5) is 23.7 Å². The summed E-state index contributed by atoms with van der Waals surface area (Å²) in [7, 11) is 0. The zero-order chi connectivity index (χ0) is 14.3. The second-order valence-corrected chi connectivity index (χ2v) is 4.08. The van der Waals surface area contributed by atoms with Crippen LogP contribution in [0.5, 0.6) is 0 Å². The van der Waals surface area contributed by atoms with Crippen LogP contribution >= 0.6 is 11.6 Å². The maximum absolute atomic E-state index is 12.6. The van der Waals surface area contributed by atoms with E-state index in [-0.39, 0.29) is 12.3 Å². The second kappa shape index (κ2) is 7.23. The molecular weight excluding hydrogens is 283 g/mol. The highest BCUT2D eigenvalue weighted by Gasteiger charge is 2.33. The topological polar surface area (TPSA) is 38.3 Å². The average molecular weight is 296 g/mol. The van der Waals surface area contributed by atoms with E-state index in [0.717, 1.165) is 6.07 Å². The summed E-state index contributed by atoms with van der Waals surface area (Å²) in [5, 5.41) is 2.08. The number of unbranched alkanes of at least 4 members (excludes halogenated alkanes) is 1. The first-order chi connectivity index (χ1) is 8.95. The number of anilines is 1. The van der Waals surface area contributed by atoms with E-state index < -0.39 is 17.8 Å². The fourth-order valence-corrected chi connectivity index (χ4v) is 1.54. The maximum Gasteiger partial charge on any atom is 0.418 e. The number of carbonyl (C=O) groups is 1. The van der Waals surface area contributed by atoms with E-state index in [0.29, 0.717) is 18.7 Å². The van der Waals surface area contributed by atoms with Crippen molar-refractivity contribution < 1.29 is 22.7 Å². The van der Waals surface area contributed by atoms with E-state index >= 15 is 0 Å². The van der Waals surface area contributed by atoms with Crippen molar-refractivity contribution >= 4 is 23.4 Å². The van der Waals surface area contributed by atoms with Crippen molar-refractivity contribution in [3.8, 4) is 0 Å². The van der Waals surface area contributed by atoms with Crippen molar-refractivity contribution in [1.82, 2.24) is 0 Å². The lowest BCUT2D eigenvalue weighted by atomic mass is 10.2. The van der Waals surface area contributed by atoms with Crippen molar-refractivity contribution in [2.24, 2.45) is 0 Å². The molecule has 0 heterocycles. The summed E-state index contributed by atoms with van der Waals surface area (Å²) < 4.78 is 42.7. The van der Waals surface area contributed by atoms with Gasteiger partial charge in [-0.15, -0.1) is 11.6 Å². The molecule has 0 bridgehead atoms. The molecule has 106 valence electrons. The van der Waals surface area contributed by atoms with Gasteiger partial charge in [-0.2, -0.15) is 13.2 Å². The van der Waals surface area contributed by atoms with Gasteiger partial charge in [0.05, 0.1) is 17.9 Å². The highest BCUT2D eigenvalue weighted by atomic mass is 35.5. The molecule has 0 saturated carbocycles.